The van der Waals surface area contributed by atoms with Crippen LogP contribution < -0.4 is 0 Å². The lowest BCUT2D eigenvalue weighted by Gasteiger charge is -2.00. The van der Waals surface area contributed by atoms with Gasteiger partial charge in [0.1, 0.15) is 5.75 Å². The summed E-state index contributed by atoms with van der Waals surface area (Å²) in [7, 11) is 0. The van der Waals surface area contributed by atoms with E-state index in [4.69, 9.17) is 10.2 Å². The van der Waals surface area contributed by atoms with Gasteiger partial charge in [-0.15, -0.1) is 0 Å². The topological polar surface area (TPSA) is 101 Å². The second-order valence-corrected chi connectivity index (χ2v) is 5.75. The minimum atomic E-state index is -0.659. The number of nitro benzene ring substituents is 1. The van der Waals surface area contributed by atoms with E-state index in [9.17, 15) is 14.9 Å². The van der Waals surface area contributed by atoms with Gasteiger partial charge in [0, 0.05) is 18.6 Å². The fraction of sp³-hybridized carbons (Fsp3) is 0.611. The summed E-state index contributed by atoms with van der Waals surface area (Å²) in [5.41, 5.74) is -0.0159. The number of benzene rings is 1. The predicted octanol–water partition coefficient (Wildman–Crippen LogP) is 5.29. The predicted molar refractivity (Wildman–Crippen MR) is 94.2 cm³/mol. The second-order valence-electron chi connectivity index (χ2n) is 5.75. The SMILES string of the molecule is CCCCCCCCCCCC(=O)O.O=[N+]([O-])c1ccc(O)cc1. The number of carbonyl (C=O) groups is 1. The van der Waals surface area contributed by atoms with Gasteiger partial charge in [-0.05, 0) is 18.6 Å². The third-order valence-corrected chi connectivity index (χ3v) is 3.55. The Kier molecular flexibility index (Phi) is 13.2. The molecular weight excluding hydrogens is 310 g/mol. The fourth-order valence-electron chi connectivity index (χ4n) is 2.16. The molecule has 1 aromatic carbocycles. The molecule has 136 valence electrons. The van der Waals surface area contributed by atoms with Crippen LogP contribution in [0.4, 0.5) is 5.69 Å². The highest BCUT2D eigenvalue weighted by molar-refractivity contribution is 5.66. The van der Waals surface area contributed by atoms with E-state index in [0.717, 1.165) is 12.8 Å². The summed E-state index contributed by atoms with van der Waals surface area (Å²) >= 11 is 0. The Balaban J connectivity index is 0.000000463. The Morgan fingerprint density at radius 2 is 1.42 bits per heavy atom. The first-order valence-corrected chi connectivity index (χ1v) is 8.62. The first-order chi connectivity index (χ1) is 11.5. The molecule has 0 atom stereocenters. The van der Waals surface area contributed by atoms with Crippen molar-refractivity contribution in [3.05, 3.63) is 34.4 Å². The highest BCUT2D eigenvalue weighted by Gasteiger charge is 2.01. The molecule has 1 aromatic rings. The number of rotatable bonds is 11. The minimum absolute atomic E-state index is 0.0159. The largest absolute Gasteiger partial charge is 0.508 e. The van der Waals surface area contributed by atoms with Crippen molar-refractivity contribution in [1.82, 2.24) is 0 Å². The zero-order valence-corrected chi connectivity index (χ0v) is 14.4. The van der Waals surface area contributed by atoms with Crippen molar-refractivity contribution >= 4 is 11.7 Å². The number of hydrogen-bond acceptors (Lipinski definition) is 4. The summed E-state index contributed by atoms with van der Waals surface area (Å²) in [5.74, 6) is -0.626. The van der Waals surface area contributed by atoms with E-state index in [1.165, 1.54) is 69.2 Å². The Morgan fingerprint density at radius 1 is 0.958 bits per heavy atom. The summed E-state index contributed by atoms with van der Waals surface area (Å²) in [6.07, 6.45) is 11.5. The van der Waals surface area contributed by atoms with Crippen LogP contribution in [0, 0.1) is 10.1 Å². The molecule has 0 aliphatic carbocycles. The van der Waals surface area contributed by atoms with Crippen molar-refractivity contribution in [3.63, 3.8) is 0 Å². The van der Waals surface area contributed by atoms with E-state index in [2.05, 4.69) is 6.92 Å². The van der Waals surface area contributed by atoms with Crippen molar-refractivity contribution in [2.24, 2.45) is 0 Å². The van der Waals surface area contributed by atoms with Crippen LogP contribution in [-0.4, -0.2) is 21.1 Å². The molecule has 24 heavy (non-hydrogen) atoms. The lowest BCUT2D eigenvalue weighted by Crippen LogP contribution is -1.93. The molecule has 6 nitrogen and oxygen atoms in total. The number of carboxylic acids is 1. The van der Waals surface area contributed by atoms with Gasteiger partial charge in [-0.3, -0.25) is 14.9 Å². The number of nitro groups is 1. The van der Waals surface area contributed by atoms with Crippen molar-refractivity contribution in [2.45, 2.75) is 71.1 Å². The maximum absolute atomic E-state index is 10.2. The smallest absolute Gasteiger partial charge is 0.303 e. The molecule has 1 rings (SSSR count). The summed E-state index contributed by atoms with van der Waals surface area (Å²) in [5, 5.41) is 27.2. The molecule has 0 aliphatic heterocycles. The molecular formula is C18H29NO5. The molecule has 2 N–H and O–H groups in total. The molecule has 0 fully saturated rings. The Morgan fingerprint density at radius 3 is 1.83 bits per heavy atom. The Labute approximate surface area is 143 Å². The van der Waals surface area contributed by atoms with Gasteiger partial charge in [-0.1, -0.05) is 58.3 Å². The number of hydrogen-bond donors (Lipinski definition) is 2. The van der Waals surface area contributed by atoms with Crippen LogP contribution in [0.1, 0.15) is 71.1 Å². The van der Waals surface area contributed by atoms with E-state index < -0.39 is 10.9 Å². The van der Waals surface area contributed by atoms with Gasteiger partial charge in [0.2, 0.25) is 0 Å². The van der Waals surface area contributed by atoms with Gasteiger partial charge in [0.05, 0.1) is 4.92 Å². The molecule has 0 saturated heterocycles. The maximum atomic E-state index is 10.2. The third kappa shape index (κ3) is 13.5. The third-order valence-electron chi connectivity index (χ3n) is 3.55. The molecule has 0 aliphatic rings. The Hall–Kier alpha value is -2.11. The summed E-state index contributed by atoms with van der Waals surface area (Å²) in [6.45, 7) is 2.23. The van der Waals surface area contributed by atoms with Crippen LogP contribution in [0.25, 0.3) is 0 Å². The normalized spacial score (nSPS) is 9.88. The number of phenolic OH excluding ortho intramolecular Hbond substituents is 1. The van der Waals surface area contributed by atoms with Gasteiger partial charge in [0.25, 0.3) is 5.69 Å². The number of aliphatic carboxylic acids is 1. The molecule has 0 unspecified atom stereocenters. The summed E-state index contributed by atoms with van der Waals surface area (Å²) < 4.78 is 0. The van der Waals surface area contributed by atoms with Crippen molar-refractivity contribution in [3.8, 4) is 5.75 Å². The zero-order chi connectivity index (χ0) is 18.2. The number of non-ortho nitro benzene ring substituents is 1. The van der Waals surface area contributed by atoms with Gasteiger partial charge in [-0.2, -0.15) is 0 Å². The van der Waals surface area contributed by atoms with Crippen LogP contribution in [0.5, 0.6) is 5.75 Å². The van der Waals surface area contributed by atoms with E-state index in [1.807, 2.05) is 0 Å². The molecule has 0 radical (unpaired) electrons. The zero-order valence-electron chi connectivity index (χ0n) is 14.4. The van der Waals surface area contributed by atoms with Crippen molar-refractivity contribution < 1.29 is 19.9 Å². The number of aromatic hydroxyl groups is 1. The number of unbranched alkanes of at least 4 members (excludes halogenated alkanes) is 8. The molecule has 0 heterocycles. The molecule has 0 spiro atoms. The van der Waals surface area contributed by atoms with Crippen LogP contribution in [0.2, 0.25) is 0 Å². The first kappa shape index (κ1) is 21.9. The summed E-state index contributed by atoms with van der Waals surface area (Å²) in [4.78, 5) is 19.7. The highest BCUT2D eigenvalue weighted by Crippen LogP contribution is 2.15. The van der Waals surface area contributed by atoms with Crippen molar-refractivity contribution in [2.75, 3.05) is 0 Å². The van der Waals surface area contributed by atoms with Gasteiger partial charge in [0.15, 0.2) is 0 Å². The summed E-state index contributed by atoms with van der Waals surface area (Å²) in [6, 6.07) is 5.04. The molecule has 6 heteroatoms. The van der Waals surface area contributed by atoms with Crippen LogP contribution in [-0.2, 0) is 4.79 Å². The lowest BCUT2D eigenvalue weighted by molar-refractivity contribution is -0.384. The molecule has 0 amide bonds. The average Bonchev–Trinajstić information content (AvgIpc) is 2.54. The van der Waals surface area contributed by atoms with Gasteiger partial charge < -0.3 is 10.2 Å². The second kappa shape index (κ2) is 14.5. The van der Waals surface area contributed by atoms with Crippen LogP contribution >= 0.6 is 0 Å². The fourth-order valence-corrected chi connectivity index (χ4v) is 2.16. The minimum Gasteiger partial charge on any atom is -0.508 e. The monoisotopic (exact) mass is 339 g/mol. The molecule has 0 aromatic heterocycles. The number of phenols is 1. The molecule has 0 bridgehead atoms. The maximum Gasteiger partial charge on any atom is 0.303 e. The van der Waals surface area contributed by atoms with E-state index in [-0.39, 0.29) is 11.4 Å². The van der Waals surface area contributed by atoms with Gasteiger partial charge in [-0.25, -0.2) is 0 Å². The highest BCUT2D eigenvalue weighted by atomic mass is 16.6. The van der Waals surface area contributed by atoms with Gasteiger partial charge >= 0.3 is 5.97 Å². The standard InChI is InChI=1S/C12H24O2.C6H5NO3/c1-2-3-4-5-6-7-8-9-10-11-12(13)14;8-6-3-1-5(2-4-6)7(9)10/h2-11H2,1H3,(H,13,14);1-4,8H. The quantitative estimate of drug-likeness (QED) is 0.324. The van der Waals surface area contributed by atoms with E-state index in [0.29, 0.717) is 6.42 Å². The van der Waals surface area contributed by atoms with E-state index >= 15 is 0 Å². The first-order valence-electron chi connectivity index (χ1n) is 8.62. The number of nitrogens with zero attached hydrogens (tertiary/aromatic N) is 1. The number of carboxylic acid groups (broad SMARTS) is 1. The average molecular weight is 339 g/mol. The lowest BCUT2D eigenvalue weighted by atomic mass is 10.1. The Bertz CT molecular complexity index is 459. The van der Waals surface area contributed by atoms with Crippen LogP contribution in [0.15, 0.2) is 24.3 Å². The van der Waals surface area contributed by atoms with Crippen molar-refractivity contribution in [1.29, 1.82) is 0 Å². The van der Waals surface area contributed by atoms with Crippen LogP contribution in [0.3, 0.4) is 0 Å². The van der Waals surface area contributed by atoms with E-state index in [1.54, 1.807) is 0 Å². The molecule has 0 saturated carbocycles.